The highest BCUT2D eigenvalue weighted by molar-refractivity contribution is 5.95. The van der Waals surface area contributed by atoms with Crippen molar-refractivity contribution in [2.24, 2.45) is 11.7 Å². The van der Waals surface area contributed by atoms with Crippen molar-refractivity contribution in [2.45, 2.75) is 33.7 Å². The van der Waals surface area contributed by atoms with E-state index >= 15 is 0 Å². The SMILES string of the molecule is CC.COC(=O)c1ccc2c(c1)C(N)[C@H](C)CN2C(C)=O. The van der Waals surface area contributed by atoms with Gasteiger partial charge >= 0.3 is 5.97 Å². The van der Waals surface area contributed by atoms with Crippen molar-refractivity contribution >= 4 is 17.6 Å². The molecule has 0 radical (unpaired) electrons. The van der Waals surface area contributed by atoms with Gasteiger partial charge in [0.05, 0.1) is 12.7 Å². The monoisotopic (exact) mass is 292 g/mol. The van der Waals surface area contributed by atoms with Crippen LogP contribution < -0.4 is 10.6 Å². The van der Waals surface area contributed by atoms with Crippen LogP contribution in [-0.2, 0) is 9.53 Å². The number of amides is 1. The third-order valence-corrected chi connectivity index (χ3v) is 3.56. The van der Waals surface area contributed by atoms with Gasteiger partial charge in [-0.2, -0.15) is 0 Å². The average molecular weight is 292 g/mol. The Hall–Kier alpha value is -1.88. The summed E-state index contributed by atoms with van der Waals surface area (Å²) in [6.45, 7) is 8.12. The maximum absolute atomic E-state index is 11.7. The number of rotatable bonds is 1. The van der Waals surface area contributed by atoms with E-state index in [-0.39, 0.29) is 17.9 Å². The molecule has 116 valence electrons. The van der Waals surface area contributed by atoms with Crippen molar-refractivity contribution in [2.75, 3.05) is 18.6 Å². The van der Waals surface area contributed by atoms with Gasteiger partial charge in [-0.1, -0.05) is 20.8 Å². The van der Waals surface area contributed by atoms with Crippen LogP contribution in [0.25, 0.3) is 0 Å². The lowest BCUT2D eigenvalue weighted by atomic mass is 9.88. The molecule has 1 heterocycles. The van der Waals surface area contributed by atoms with Crippen molar-refractivity contribution in [1.29, 1.82) is 0 Å². The van der Waals surface area contributed by atoms with Crippen molar-refractivity contribution in [3.8, 4) is 0 Å². The van der Waals surface area contributed by atoms with E-state index in [0.29, 0.717) is 12.1 Å². The molecule has 2 rings (SSSR count). The smallest absolute Gasteiger partial charge is 0.337 e. The number of carbonyl (C=O) groups excluding carboxylic acids is 2. The van der Waals surface area contributed by atoms with Crippen LogP contribution in [-0.4, -0.2) is 25.5 Å². The number of nitrogens with zero attached hydrogens (tertiary/aromatic N) is 1. The standard InChI is InChI=1S/C14H18N2O3.C2H6/c1-8-7-16(9(2)17)12-5-4-10(14(18)19-3)6-11(12)13(8)15;1-2/h4-6,8,13H,7,15H2,1-3H3;1-2H3/t8-,13?;/m1./s1. The molecule has 0 fully saturated rings. The minimum Gasteiger partial charge on any atom is -0.465 e. The predicted molar refractivity (Wildman–Crippen MR) is 83.2 cm³/mol. The van der Waals surface area contributed by atoms with Crippen LogP contribution >= 0.6 is 0 Å². The van der Waals surface area contributed by atoms with E-state index < -0.39 is 5.97 Å². The normalized spacial score (nSPS) is 20.0. The Labute approximate surface area is 126 Å². The highest BCUT2D eigenvalue weighted by Gasteiger charge is 2.30. The first kappa shape index (κ1) is 17.2. The predicted octanol–water partition coefficient (Wildman–Crippen LogP) is 2.50. The first-order valence-electron chi connectivity index (χ1n) is 7.21. The molecule has 21 heavy (non-hydrogen) atoms. The number of esters is 1. The average Bonchev–Trinajstić information content (AvgIpc) is 2.51. The third-order valence-electron chi connectivity index (χ3n) is 3.56. The second kappa shape index (κ2) is 7.22. The molecule has 5 heteroatoms. The molecule has 1 aliphatic rings. The summed E-state index contributed by atoms with van der Waals surface area (Å²) < 4.78 is 4.70. The number of methoxy groups -OCH3 is 1. The summed E-state index contributed by atoms with van der Waals surface area (Å²) in [6.07, 6.45) is 0. The van der Waals surface area contributed by atoms with Gasteiger partial charge in [-0.3, -0.25) is 4.79 Å². The van der Waals surface area contributed by atoms with Gasteiger partial charge in [0.1, 0.15) is 0 Å². The number of benzene rings is 1. The van der Waals surface area contributed by atoms with Crippen LogP contribution in [0.5, 0.6) is 0 Å². The van der Waals surface area contributed by atoms with E-state index in [4.69, 9.17) is 10.5 Å². The molecule has 2 atom stereocenters. The molecular formula is C16H24N2O3. The molecule has 0 spiro atoms. The first-order valence-corrected chi connectivity index (χ1v) is 7.21. The molecule has 1 amide bonds. The molecule has 0 bridgehead atoms. The Balaban J connectivity index is 0.00000106. The molecule has 0 saturated heterocycles. The number of hydrogen-bond donors (Lipinski definition) is 1. The maximum atomic E-state index is 11.7. The second-order valence-electron chi connectivity index (χ2n) is 4.90. The van der Waals surface area contributed by atoms with Gasteiger partial charge in [0, 0.05) is 25.2 Å². The fourth-order valence-corrected chi connectivity index (χ4v) is 2.42. The van der Waals surface area contributed by atoms with E-state index in [1.807, 2.05) is 20.8 Å². The Morgan fingerprint density at radius 3 is 2.48 bits per heavy atom. The number of fused-ring (bicyclic) bond motifs is 1. The van der Waals surface area contributed by atoms with Crippen molar-refractivity contribution in [3.05, 3.63) is 29.3 Å². The van der Waals surface area contributed by atoms with E-state index in [1.165, 1.54) is 14.0 Å². The number of hydrogen-bond acceptors (Lipinski definition) is 4. The van der Waals surface area contributed by atoms with Gasteiger partial charge in [-0.05, 0) is 29.7 Å². The summed E-state index contributed by atoms with van der Waals surface area (Å²) in [6, 6.07) is 4.95. The van der Waals surface area contributed by atoms with Crippen molar-refractivity contribution < 1.29 is 14.3 Å². The van der Waals surface area contributed by atoms with Crippen molar-refractivity contribution in [3.63, 3.8) is 0 Å². The lowest BCUT2D eigenvalue weighted by molar-refractivity contribution is -0.116. The summed E-state index contributed by atoms with van der Waals surface area (Å²) in [7, 11) is 1.34. The summed E-state index contributed by atoms with van der Waals surface area (Å²) >= 11 is 0. The number of ether oxygens (including phenoxy) is 1. The number of carbonyl (C=O) groups is 2. The largest absolute Gasteiger partial charge is 0.465 e. The molecule has 5 nitrogen and oxygen atoms in total. The maximum Gasteiger partial charge on any atom is 0.337 e. The van der Waals surface area contributed by atoms with Gasteiger partial charge in [0.25, 0.3) is 0 Å². The van der Waals surface area contributed by atoms with Crippen LogP contribution in [0.15, 0.2) is 18.2 Å². The molecule has 1 aromatic carbocycles. The van der Waals surface area contributed by atoms with E-state index in [0.717, 1.165) is 11.3 Å². The highest BCUT2D eigenvalue weighted by atomic mass is 16.5. The van der Waals surface area contributed by atoms with Crippen LogP contribution in [0.4, 0.5) is 5.69 Å². The molecule has 1 aromatic rings. The summed E-state index contributed by atoms with van der Waals surface area (Å²) in [5, 5.41) is 0. The van der Waals surface area contributed by atoms with Crippen molar-refractivity contribution in [1.82, 2.24) is 0 Å². The number of nitrogens with two attached hydrogens (primary N) is 1. The Morgan fingerprint density at radius 2 is 1.95 bits per heavy atom. The zero-order valence-electron chi connectivity index (χ0n) is 13.3. The van der Waals surface area contributed by atoms with Crippen LogP contribution in [0.2, 0.25) is 0 Å². The highest BCUT2D eigenvalue weighted by Crippen LogP contribution is 2.36. The fraction of sp³-hybridized carbons (Fsp3) is 0.500. The Kier molecular flexibility index (Phi) is 5.90. The van der Waals surface area contributed by atoms with Crippen LogP contribution in [0.1, 0.15) is 49.7 Å². The van der Waals surface area contributed by atoms with Gasteiger partial charge < -0.3 is 15.4 Å². The Bertz CT molecular complexity index is 528. The third kappa shape index (κ3) is 3.42. The minimum atomic E-state index is -0.400. The first-order chi connectivity index (χ1) is 9.95. The fourth-order valence-electron chi connectivity index (χ4n) is 2.42. The molecule has 0 saturated carbocycles. The lowest BCUT2D eigenvalue weighted by Gasteiger charge is -2.36. The van der Waals surface area contributed by atoms with Gasteiger partial charge in [-0.25, -0.2) is 4.79 Å². The van der Waals surface area contributed by atoms with Gasteiger partial charge in [0.15, 0.2) is 0 Å². The van der Waals surface area contributed by atoms with E-state index in [9.17, 15) is 9.59 Å². The summed E-state index contributed by atoms with van der Waals surface area (Å²) in [4.78, 5) is 24.9. The molecule has 1 aliphatic heterocycles. The minimum absolute atomic E-state index is 0.0224. The second-order valence-corrected chi connectivity index (χ2v) is 4.90. The molecule has 0 aliphatic carbocycles. The quantitative estimate of drug-likeness (QED) is 0.807. The molecular weight excluding hydrogens is 268 g/mol. The Morgan fingerprint density at radius 1 is 1.33 bits per heavy atom. The van der Waals surface area contributed by atoms with E-state index in [1.54, 1.807) is 23.1 Å². The lowest BCUT2D eigenvalue weighted by Crippen LogP contribution is -2.42. The zero-order chi connectivity index (χ0) is 16.2. The van der Waals surface area contributed by atoms with Crippen LogP contribution in [0, 0.1) is 5.92 Å². The van der Waals surface area contributed by atoms with E-state index in [2.05, 4.69) is 0 Å². The topological polar surface area (TPSA) is 72.6 Å². The number of anilines is 1. The molecule has 1 unspecified atom stereocenters. The molecule has 0 aromatic heterocycles. The van der Waals surface area contributed by atoms with Gasteiger partial charge in [0.2, 0.25) is 5.91 Å². The summed E-state index contributed by atoms with van der Waals surface area (Å²) in [5.74, 6) is -0.280. The zero-order valence-corrected chi connectivity index (χ0v) is 13.3. The summed E-state index contributed by atoms with van der Waals surface area (Å²) in [5.41, 5.74) is 8.23. The molecule has 2 N–H and O–H groups in total. The van der Waals surface area contributed by atoms with Crippen LogP contribution in [0.3, 0.4) is 0 Å². The van der Waals surface area contributed by atoms with Gasteiger partial charge in [-0.15, -0.1) is 0 Å².